The fourth-order valence-electron chi connectivity index (χ4n) is 1.77. The van der Waals surface area contributed by atoms with Gasteiger partial charge in [0.1, 0.15) is 4.60 Å². The Hall–Kier alpha value is -0.610. The zero-order chi connectivity index (χ0) is 10.8. The largest absolute Gasteiger partial charge is 0.378 e. The molecule has 1 N–H and O–H groups in total. The molecular formula is C11H15BrN2O. The number of nitrogens with zero attached hydrogens (tertiary/aromatic N) is 1. The Labute approximate surface area is 98.4 Å². The maximum Gasteiger partial charge on any atom is 0.109 e. The molecule has 1 saturated heterocycles. The van der Waals surface area contributed by atoms with Crippen LogP contribution in [0.5, 0.6) is 0 Å². The van der Waals surface area contributed by atoms with Crippen molar-refractivity contribution in [1.29, 1.82) is 0 Å². The van der Waals surface area contributed by atoms with E-state index in [1.54, 1.807) is 0 Å². The van der Waals surface area contributed by atoms with Crippen molar-refractivity contribution in [3.05, 3.63) is 22.4 Å². The summed E-state index contributed by atoms with van der Waals surface area (Å²) in [5, 5.41) is 3.45. The second-order valence-electron chi connectivity index (χ2n) is 3.95. The zero-order valence-electron chi connectivity index (χ0n) is 8.96. The molecule has 0 bridgehead atoms. The van der Waals surface area contributed by atoms with Crippen LogP contribution in [0.3, 0.4) is 0 Å². The van der Waals surface area contributed by atoms with Gasteiger partial charge in [0.05, 0.1) is 24.0 Å². The number of aromatic nitrogens is 1. The van der Waals surface area contributed by atoms with Crippen LogP contribution in [0.25, 0.3) is 0 Å². The van der Waals surface area contributed by atoms with E-state index in [9.17, 15) is 0 Å². The number of anilines is 1. The summed E-state index contributed by atoms with van der Waals surface area (Å²) in [5.41, 5.74) is 2.21. The second-order valence-corrected chi connectivity index (χ2v) is 4.70. The SMILES string of the molecule is Cc1cc(NC2CCOC2C)cnc1Br. The zero-order valence-corrected chi connectivity index (χ0v) is 10.5. The molecule has 82 valence electrons. The molecule has 1 aromatic rings. The van der Waals surface area contributed by atoms with Gasteiger partial charge in [0.2, 0.25) is 0 Å². The maximum absolute atomic E-state index is 5.50. The molecule has 0 spiro atoms. The summed E-state index contributed by atoms with van der Waals surface area (Å²) in [6.07, 6.45) is 3.20. The normalized spacial score (nSPS) is 25.5. The first kappa shape index (κ1) is 10.9. The number of ether oxygens (including phenoxy) is 1. The van der Waals surface area contributed by atoms with Gasteiger partial charge in [0.15, 0.2) is 0 Å². The number of pyridine rings is 1. The van der Waals surface area contributed by atoms with Crippen molar-refractivity contribution in [3.63, 3.8) is 0 Å². The van der Waals surface area contributed by atoms with Crippen molar-refractivity contribution in [1.82, 2.24) is 4.98 Å². The lowest BCUT2D eigenvalue weighted by atomic mass is 10.1. The number of halogens is 1. The third-order valence-corrected chi connectivity index (χ3v) is 3.57. The molecule has 1 fully saturated rings. The van der Waals surface area contributed by atoms with Crippen LogP contribution >= 0.6 is 15.9 Å². The van der Waals surface area contributed by atoms with Crippen LogP contribution in [0.15, 0.2) is 16.9 Å². The summed E-state index contributed by atoms with van der Waals surface area (Å²) < 4.78 is 6.41. The van der Waals surface area contributed by atoms with E-state index in [0.717, 1.165) is 28.9 Å². The van der Waals surface area contributed by atoms with Gasteiger partial charge < -0.3 is 10.1 Å². The van der Waals surface area contributed by atoms with E-state index in [1.807, 2.05) is 13.1 Å². The lowest BCUT2D eigenvalue weighted by Crippen LogP contribution is -2.26. The summed E-state index contributed by atoms with van der Waals surface area (Å²) in [7, 11) is 0. The minimum Gasteiger partial charge on any atom is -0.378 e. The van der Waals surface area contributed by atoms with Gasteiger partial charge >= 0.3 is 0 Å². The van der Waals surface area contributed by atoms with E-state index in [4.69, 9.17) is 4.74 Å². The van der Waals surface area contributed by atoms with Gasteiger partial charge in [-0.1, -0.05) is 0 Å². The van der Waals surface area contributed by atoms with E-state index >= 15 is 0 Å². The van der Waals surface area contributed by atoms with Crippen molar-refractivity contribution in [2.45, 2.75) is 32.4 Å². The molecule has 15 heavy (non-hydrogen) atoms. The summed E-state index contributed by atoms with van der Waals surface area (Å²) >= 11 is 3.39. The van der Waals surface area contributed by atoms with Crippen LogP contribution in [-0.4, -0.2) is 23.7 Å². The van der Waals surface area contributed by atoms with E-state index in [-0.39, 0.29) is 6.10 Å². The van der Waals surface area contributed by atoms with Gasteiger partial charge in [0.25, 0.3) is 0 Å². The number of rotatable bonds is 2. The molecule has 2 heterocycles. The van der Waals surface area contributed by atoms with Gasteiger partial charge in [-0.05, 0) is 47.8 Å². The summed E-state index contributed by atoms with van der Waals surface area (Å²) in [4.78, 5) is 4.26. The molecule has 2 unspecified atom stereocenters. The van der Waals surface area contributed by atoms with Gasteiger partial charge in [-0.2, -0.15) is 0 Å². The Morgan fingerprint density at radius 3 is 3.00 bits per heavy atom. The molecule has 0 aromatic carbocycles. The first-order valence-electron chi connectivity index (χ1n) is 5.17. The Morgan fingerprint density at radius 1 is 1.60 bits per heavy atom. The molecule has 1 aliphatic heterocycles. The van der Waals surface area contributed by atoms with Crippen molar-refractivity contribution in [2.24, 2.45) is 0 Å². The first-order chi connectivity index (χ1) is 7.16. The summed E-state index contributed by atoms with van der Waals surface area (Å²) in [6, 6.07) is 2.51. The Morgan fingerprint density at radius 2 is 2.40 bits per heavy atom. The van der Waals surface area contributed by atoms with Crippen molar-refractivity contribution in [3.8, 4) is 0 Å². The van der Waals surface area contributed by atoms with Gasteiger partial charge in [0, 0.05) is 6.61 Å². The summed E-state index contributed by atoms with van der Waals surface area (Å²) in [5.74, 6) is 0. The third-order valence-electron chi connectivity index (χ3n) is 2.74. The second kappa shape index (κ2) is 4.49. The Balaban J connectivity index is 2.07. The van der Waals surface area contributed by atoms with Gasteiger partial charge in [-0.15, -0.1) is 0 Å². The first-order valence-corrected chi connectivity index (χ1v) is 5.96. The van der Waals surface area contributed by atoms with Gasteiger partial charge in [-0.3, -0.25) is 0 Å². The average molecular weight is 271 g/mol. The van der Waals surface area contributed by atoms with E-state index < -0.39 is 0 Å². The molecule has 0 aliphatic carbocycles. The minimum atomic E-state index is 0.286. The predicted octanol–water partition coefficient (Wildman–Crippen LogP) is 2.74. The van der Waals surface area contributed by atoms with E-state index in [2.05, 4.69) is 39.2 Å². The highest BCUT2D eigenvalue weighted by Crippen LogP contribution is 2.21. The van der Waals surface area contributed by atoms with Crippen LogP contribution in [0.2, 0.25) is 0 Å². The van der Waals surface area contributed by atoms with Crippen molar-refractivity contribution >= 4 is 21.6 Å². The molecule has 3 nitrogen and oxygen atoms in total. The number of hydrogen-bond acceptors (Lipinski definition) is 3. The lowest BCUT2D eigenvalue weighted by Gasteiger charge is -2.17. The van der Waals surface area contributed by atoms with Crippen LogP contribution in [0, 0.1) is 6.92 Å². The van der Waals surface area contributed by atoms with E-state index in [0.29, 0.717) is 6.04 Å². The minimum absolute atomic E-state index is 0.286. The lowest BCUT2D eigenvalue weighted by molar-refractivity contribution is 0.121. The third kappa shape index (κ3) is 2.49. The van der Waals surface area contributed by atoms with Crippen LogP contribution in [0.1, 0.15) is 18.9 Å². The quantitative estimate of drug-likeness (QED) is 0.840. The van der Waals surface area contributed by atoms with Crippen molar-refractivity contribution in [2.75, 3.05) is 11.9 Å². The van der Waals surface area contributed by atoms with Crippen LogP contribution < -0.4 is 5.32 Å². The molecule has 2 rings (SSSR count). The van der Waals surface area contributed by atoms with E-state index in [1.165, 1.54) is 0 Å². The van der Waals surface area contributed by atoms with Crippen LogP contribution in [-0.2, 0) is 4.74 Å². The highest BCUT2D eigenvalue weighted by atomic mass is 79.9. The number of aryl methyl sites for hydroxylation is 1. The summed E-state index contributed by atoms with van der Waals surface area (Å²) in [6.45, 7) is 4.99. The standard InChI is InChI=1S/C11H15BrN2O/c1-7-5-9(6-13-11(7)12)14-10-3-4-15-8(10)2/h5-6,8,10,14H,3-4H2,1-2H3. The topological polar surface area (TPSA) is 34.1 Å². The molecule has 1 aliphatic rings. The molecule has 2 atom stereocenters. The molecule has 0 amide bonds. The average Bonchev–Trinajstić information content (AvgIpc) is 2.59. The highest BCUT2D eigenvalue weighted by Gasteiger charge is 2.23. The Kier molecular flexibility index (Phi) is 3.26. The number of hydrogen-bond donors (Lipinski definition) is 1. The molecule has 0 radical (unpaired) electrons. The monoisotopic (exact) mass is 270 g/mol. The maximum atomic E-state index is 5.50. The molecule has 1 aromatic heterocycles. The smallest absolute Gasteiger partial charge is 0.109 e. The molecule has 4 heteroatoms. The molecule has 0 saturated carbocycles. The van der Waals surface area contributed by atoms with Gasteiger partial charge in [-0.25, -0.2) is 4.98 Å². The molecular weight excluding hydrogens is 256 g/mol. The van der Waals surface area contributed by atoms with Crippen LogP contribution in [0.4, 0.5) is 5.69 Å². The highest BCUT2D eigenvalue weighted by molar-refractivity contribution is 9.10. The van der Waals surface area contributed by atoms with Crippen molar-refractivity contribution < 1.29 is 4.74 Å². The Bertz CT molecular complexity index is 356. The fraction of sp³-hybridized carbons (Fsp3) is 0.545. The predicted molar refractivity (Wildman–Crippen MR) is 64.1 cm³/mol. The fourth-order valence-corrected chi connectivity index (χ4v) is 1.99. The number of nitrogens with one attached hydrogen (secondary N) is 1.